The van der Waals surface area contributed by atoms with Gasteiger partial charge in [-0.3, -0.25) is 9.69 Å². The molecule has 0 N–H and O–H groups in total. The highest BCUT2D eigenvalue weighted by molar-refractivity contribution is 5.76. The number of carbonyl (C=O) groups is 1. The molecule has 0 unspecified atom stereocenters. The summed E-state index contributed by atoms with van der Waals surface area (Å²) in [6, 6.07) is 8.25. The van der Waals surface area contributed by atoms with Gasteiger partial charge in [-0.25, -0.2) is 0 Å². The molecule has 2 fully saturated rings. The standard InChI is InChI=1S/C20H30N2O3/c1-21(2)19(23)13-25-15-20-10-6-8-17(20)12-22(14-20)11-16-7-4-5-9-18(16)24-3/h4-5,7,9,17H,6,8,10-15H2,1-3H3/t17-,20+/m1/s1. The molecule has 0 radical (unpaired) electrons. The van der Waals surface area contributed by atoms with Gasteiger partial charge in [0.15, 0.2) is 0 Å². The van der Waals surface area contributed by atoms with Gasteiger partial charge in [-0.15, -0.1) is 0 Å². The maximum atomic E-state index is 11.8. The van der Waals surface area contributed by atoms with Crippen molar-refractivity contribution in [3.63, 3.8) is 0 Å². The molecular weight excluding hydrogens is 316 g/mol. The van der Waals surface area contributed by atoms with E-state index in [2.05, 4.69) is 17.0 Å². The van der Waals surface area contributed by atoms with Crippen molar-refractivity contribution in [1.29, 1.82) is 0 Å². The molecule has 0 spiro atoms. The number of amides is 1. The fourth-order valence-electron chi connectivity index (χ4n) is 4.43. The maximum Gasteiger partial charge on any atom is 0.248 e. The molecule has 1 amide bonds. The highest BCUT2D eigenvalue weighted by atomic mass is 16.5. The number of ether oxygens (including phenoxy) is 2. The molecular formula is C20H30N2O3. The van der Waals surface area contributed by atoms with Crippen molar-refractivity contribution in [3.05, 3.63) is 29.8 Å². The van der Waals surface area contributed by atoms with Crippen LogP contribution in [-0.2, 0) is 16.1 Å². The van der Waals surface area contributed by atoms with Gasteiger partial charge in [0.25, 0.3) is 0 Å². The Balaban J connectivity index is 1.60. The third kappa shape index (κ3) is 3.98. The van der Waals surface area contributed by atoms with Gasteiger partial charge >= 0.3 is 0 Å². The number of benzene rings is 1. The van der Waals surface area contributed by atoms with Gasteiger partial charge in [-0.05, 0) is 24.8 Å². The Morgan fingerprint density at radius 3 is 2.92 bits per heavy atom. The number of likely N-dealkylation sites (N-methyl/N-ethyl adjacent to an activating group) is 1. The van der Waals surface area contributed by atoms with E-state index in [1.807, 2.05) is 12.1 Å². The first-order valence-electron chi connectivity index (χ1n) is 9.16. The van der Waals surface area contributed by atoms with Crippen molar-refractivity contribution in [3.8, 4) is 5.75 Å². The minimum absolute atomic E-state index is 0.0369. The minimum Gasteiger partial charge on any atom is -0.496 e. The molecule has 1 aliphatic heterocycles. The summed E-state index contributed by atoms with van der Waals surface area (Å²) >= 11 is 0. The zero-order valence-electron chi connectivity index (χ0n) is 15.7. The molecule has 1 saturated carbocycles. The molecule has 0 aromatic heterocycles. The van der Waals surface area contributed by atoms with Gasteiger partial charge in [0.1, 0.15) is 12.4 Å². The van der Waals surface area contributed by atoms with E-state index in [0.717, 1.165) is 25.4 Å². The molecule has 1 saturated heterocycles. The number of likely N-dealkylation sites (tertiary alicyclic amines) is 1. The van der Waals surface area contributed by atoms with Crippen LogP contribution in [0.3, 0.4) is 0 Å². The summed E-state index contributed by atoms with van der Waals surface area (Å²) in [6.45, 7) is 3.96. The smallest absolute Gasteiger partial charge is 0.248 e. The highest BCUT2D eigenvalue weighted by Crippen LogP contribution is 2.49. The Bertz CT molecular complexity index is 604. The van der Waals surface area contributed by atoms with E-state index in [4.69, 9.17) is 9.47 Å². The summed E-state index contributed by atoms with van der Waals surface area (Å²) in [4.78, 5) is 15.9. The number of nitrogens with zero attached hydrogens (tertiary/aromatic N) is 2. The number of hydrogen-bond acceptors (Lipinski definition) is 4. The lowest BCUT2D eigenvalue weighted by Gasteiger charge is -2.29. The summed E-state index contributed by atoms with van der Waals surface area (Å²) in [5.41, 5.74) is 1.46. The molecule has 5 heteroatoms. The van der Waals surface area contributed by atoms with Gasteiger partial charge in [0.2, 0.25) is 5.91 Å². The van der Waals surface area contributed by atoms with Crippen LogP contribution in [0.15, 0.2) is 24.3 Å². The second-order valence-corrected chi connectivity index (χ2v) is 7.71. The molecule has 138 valence electrons. The average molecular weight is 346 g/mol. The summed E-state index contributed by atoms with van der Waals surface area (Å²) in [7, 11) is 5.27. The lowest BCUT2D eigenvalue weighted by atomic mass is 9.81. The molecule has 25 heavy (non-hydrogen) atoms. The minimum atomic E-state index is 0.0369. The number of para-hydroxylation sites is 1. The van der Waals surface area contributed by atoms with E-state index >= 15 is 0 Å². The second-order valence-electron chi connectivity index (χ2n) is 7.71. The van der Waals surface area contributed by atoms with Gasteiger partial charge < -0.3 is 14.4 Å². The number of carbonyl (C=O) groups excluding carboxylic acids is 1. The van der Waals surface area contributed by atoms with Crippen LogP contribution in [0.1, 0.15) is 24.8 Å². The van der Waals surface area contributed by atoms with Crippen LogP contribution in [0.25, 0.3) is 0 Å². The SMILES string of the molecule is COc1ccccc1CN1C[C@H]2CCC[C@@]2(COCC(=O)N(C)C)C1. The van der Waals surface area contributed by atoms with Crippen LogP contribution in [0.2, 0.25) is 0 Å². The first-order chi connectivity index (χ1) is 12.0. The molecule has 1 aromatic carbocycles. The van der Waals surface area contributed by atoms with Gasteiger partial charge in [-0.1, -0.05) is 24.6 Å². The van der Waals surface area contributed by atoms with Crippen molar-refractivity contribution < 1.29 is 14.3 Å². The normalized spacial score (nSPS) is 25.8. The van der Waals surface area contributed by atoms with Crippen LogP contribution >= 0.6 is 0 Å². The lowest BCUT2D eigenvalue weighted by Crippen LogP contribution is -2.34. The molecule has 5 nitrogen and oxygen atoms in total. The van der Waals surface area contributed by atoms with Gasteiger partial charge in [0.05, 0.1) is 13.7 Å². The van der Waals surface area contributed by atoms with Gasteiger partial charge in [0, 0.05) is 44.7 Å². The van der Waals surface area contributed by atoms with Crippen LogP contribution in [0.4, 0.5) is 0 Å². The van der Waals surface area contributed by atoms with Crippen molar-refractivity contribution in [2.24, 2.45) is 11.3 Å². The van der Waals surface area contributed by atoms with E-state index < -0.39 is 0 Å². The largest absolute Gasteiger partial charge is 0.496 e. The molecule has 0 bridgehead atoms. The highest BCUT2D eigenvalue weighted by Gasteiger charge is 2.49. The molecule has 2 aliphatic rings. The van der Waals surface area contributed by atoms with Crippen LogP contribution in [0.5, 0.6) is 5.75 Å². The van der Waals surface area contributed by atoms with E-state index in [9.17, 15) is 4.79 Å². The Morgan fingerprint density at radius 1 is 1.36 bits per heavy atom. The number of hydrogen-bond donors (Lipinski definition) is 0. The predicted molar refractivity (Wildman–Crippen MR) is 97.6 cm³/mol. The Morgan fingerprint density at radius 2 is 2.16 bits per heavy atom. The first kappa shape index (κ1) is 18.2. The monoisotopic (exact) mass is 346 g/mol. The van der Waals surface area contributed by atoms with Gasteiger partial charge in [-0.2, -0.15) is 0 Å². The van der Waals surface area contributed by atoms with Crippen molar-refractivity contribution in [2.75, 3.05) is 47.5 Å². The molecule has 1 aliphatic carbocycles. The van der Waals surface area contributed by atoms with E-state index in [1.165, 1.54) is 24.8 Å². The molecule has 3 rings (SSSR count). The second kappa shape index (κ2) is 7.75. The van der Waals surface area contributed by atoms with Crippen LogP contribution < -0.4 is 4.74 Å². The Labute approximate surface area is 150 Å². The number of rotatable bonds is 7. The first-order valence-corrected chi connectivity index (χ1v) is 9.16. The third-order valence-corrected chi connectivity index (χ3v) is 5.81. The number of fused-ring (bicyclic) bond motifs is 1. The summed E-state index contributed by atoms with van der Waals surface area (Å²) in [6.07, 6.45) is 3.75. The summed E-state index contributed by atoms with van der Waals surface area (Å²) < 4.78 is 11.3. The number of methoxy groups -OCH3 is 1. The van der Waals surface area contributed by atoms with Crippen molar-refractivity contribution in [1.82, 2.24) is 9.80 Å². The molecule has 1 heterocycles. The quantitative estimate of drug-likeness (QED) is 0.760. The predicted octanol–water partition coefficient (Wildman–Crippen LogP) is 2.40. The van der Waals surface area contributed by atoms with Crippen molar-refractivity contribution >= 4 is 5.91 Å². The third-order valence-electron chi connectivity index (χ3n) is 5.81. The molecule has 1 aromatic rings. The fraction of sp³-hybridized carbons (Fsp3) is 0.650. The maximum absolute atomic E-state index is 11.8. The summed E-state index contributed by atoms with van der Waals surface area (Å²) in [5, 5.41) is 0. The van der Waals surface area contributed by atoms with E-state index in [-0.39, 0.29) is 17.9 Å². The summed E-state index contributed by atoms with van der Waals surface area (Å²) in [5.74, 6) is 1.67. The van der Waals surface area contributed by atoms with Crippen LogP contribution in [0, 0.1) is 11.3 Å². The molecule has 2 atom stereocenters. The Hall–Kier alpha value is -1.59. The zero-order chi connectivity index (χ0) is 17.9. The fourth-order valence-corrected chi connectivity index (χ4v) is 4.43. The van der Waals surface area contributed by atoms with Crippen molar-refractivity contribution in [2.45, 2.75) is 25.8 Å². The lowest BCUT2D eigenvalue weighted by molar-refractivity contribution is -0.135. The topological polar surface area (TPSA) is 42.0 Å². The van der Waals surface area contributed by atoms with Crippen LogP contribution in [-0.4, -0.2) is 63.2 Å². The zero-order valence-corrected chi connectivity index (χ0v) is 15.7. The Kier molecular flexibility index (Phi) is 5.64. The van der Waals surface area contributed by atoms with E-state index in [1.54, 1.807) is 26.1 Å². The average Bonchev–Trinajstić information content (AvgIpc) is 3.11. The van der Waals surface area contributed by atoms with E-state index in [0.29, 0.717) is 12.5 Å².